The second-order valence-corrected chi connectivity index (χ2v) is 6.54. The second kappa shape index (κ2) is 9.50. The van der Waals surface area contributed by atoms with Gasteiger partial charge in [-0.15, -0.1) is 0 Å². The molecule has 0 saturated carbocycles. The Labute approximate surface area is 170 Å². The third-order valence-electron chi connectivity index (χ3n) is 4.33. The molecule has 148 valence electrons. The van der Waals surface area contributed by atoms with Gasteiger partial charge in [0.05, 0.1) is 11.4 Å². The summed E-state index contributed by atoms with van der Waals surface area (Å²) >= 11 is 0. The number of amides is 2. The molecule has 6 heteroatoms. The SMILES string of the molecule is CCNC(=O)[C@@H](C)NC(=O)/C=C/c1cn(-c2ccccc2)nc1-c1ccccc1. The Morgan fingerprint density at radius 1 is 1.07 bits per heavy atom. The van der Waals surface area contributed by atoms with E-state index in [0.717, 1.165) is 22.5 Å². The Bertz CT molecular complexity index is 994. The topological polar surface area (TPSA) is 76.0 Å². The molecule has 1 atom stereocenters. The molecule has 29 heavy (non-hydrogen) atoms. The van der Waals surface area contributed by atoms with E-state index in [2.05, 4.69) is 10.6 Å². The Hall–Kier alpha value is -3.67. The van der Waals surface area contributed by atoms with Crippen LogP contribution in [0.3, 0.4) is 0 Å². The van der Waals surface area contributed by atoms with Gasteiger partial charge in [-0.05, 0) is 32.1 Å². The summed E-state index contributed by atoms with van der Waals surface area (Å²) in [5, 5.41) is 10.1. The first-order valence-corrected chi connectivity index (χ1v) is 9.55. The summed E-state index contributed by atoms with van der Waals surface area (Å²) in [6, 6.07) is 19.0. The van der Waals surface area contributed by atoms with Crippen LogP contribution < -0.4 is 10.6 Å². The van der Waals surface area contributed by atoms with Crippen LogP contribution in [0.2, 0.25) is 0 Å². The molecule has 0 unspecified atom stereocenters. The molecule has 1 heterocycles. The molecule has 2 aromatic carbocycles. The van der Waals surface area contributed by atoms with E-state index in [1.165, 1.54) is 6.08 Å². The lowest BCUT2D eigenvalue weighted by molar-refractivity contribution is -0.126. The molecular formula is C23H24N4O2. The average molecular weight is 388 g/mol. The van der Waals surface area contributed by atoms with Crippen molar-refractivity contribution < 1.29 is 9.59 Å². The van der Waals surface area contributed by atoms with Gasteiger partial charge in [-0.25, -0.2) is 4.68 Å². The van der Waals surface area contributed by atoms with Gasteiger partial charge in [0.15, 0.2) is 0 Å². The highest BCUT2D eigenvalue weighted by Gasteiger charge is 2.14. The maximum absolute atomic E-state index is 12.3. The zero-order valence-corrected chi connectivity index (χ0v) is 16.5. The molecule has 0 bridgehead atoms. The number of benzene rings is 2. The number of rotatable bonds is 7. The van der Waals surface area contributed by atoms with E-state index in [-0.39, 0.29) is 11.8 Å². The minimum Gasteiger partial charge on any atom is -0.355 e. The first-order valence-electron chi connectivity index (χ1n) is 9.55. The third kappa shape index (κ3) is 5.19. The second-order valence-electron chi connectivity index (χ2n) is 6.54. The maximum atomic E-state index is 12.3. The van der Waals surface area contributed by atoms with Gasteiger partial charge in [0.25, 0.3) is 0 Å². The van der Waals surface area contributed by atoms with Crippen LogP contribution in [0.1, 0.15) is 19.4 Å². The molecule has 2 amide bonds. The van der Waals surface area contributed by atoms with Gasteiger partial charge in [-0.1, -0.05) is 48.5 Å². The zero-order valence-electron chi connectivity index (χ0n) is 16.5. The van der Waals surface area contributed by atoms with E-state index in [9.17, 15) is 9.59 Å². The lowest BCUT2D eigenvalue weighted by atomic mass is 10.1. The van der Waals surface area contributed by atoms with Crippen molar-refractivity contribution in [2.24, 2.45) is 0 Å². The molecule has 0 saturated heterocycles. The monoisotopic (exact) mass is 388 g/mol. The number of nitrogens with one attached hydrogen (secondary N) is 2. The molecule has 3 aromatic rings. The minimum atomic E-state index is -0.604. The van der Waals surface area contributed by atoms with Crippen LogP contribution in [0.15, 0.2) is 72.9 Å². The third-order valence-corrected chi connectivity index (χ3v) is 4.33. The minimum absolute atomic E-state index is 0.212. The molecule has 0 aliphatic carbocycles. The lowest BCUT2D eigenvalue weighted by Gasteiger charge is -2.11. The number of carbonyl (C=O) groups excluding carboxylic acids is 2. The van der Waals surface area contributed by atoms with E-state index in [4.69, 9.17) is 5.10 Å². The van der Waals surface area contributed by atoms with Gasteiger partial charge in [0, 0.05) is 29.9 Å². The Kier molecular flexibility index (Phi) is 6.58. The van der Waals surface area contributed by atoms with Crippen LogP contribution in [-0.2, 0) is 9.59 Å². The van der Waals surface area contributed by atoms with Gasteiger partial charge in [0.1, 0.15) is 6.04 Å². The fourth-order valence-electron chi connectivity index (χ4n) is 2.86. The highest BCUT2D eigenvalue weighted by Crippen LogP contribution is 2.24. The van der Waals surface area contributed by atoms with Crippen molar-refractivity contribution in [3.05, 3.63) is 78.5 Å². The number of hydrogen-bond donors (Lipinski definition) is 2. The van der Waals surface area contributed by atoms with Crippen molar-refractivity contribution in [2.75, 3.05) is 6.54 Å². The van der Waals surface area contributed by atoms with Crippen molar-refractivity contribution in [1.29, 1.82) is 0 Å². The summed E-state index contributed by atoms with van der Waals surface area (Å²) in [5.74, 6) is -0.550. The molecule has 0 aliphatic rings. The highest BCUT2D eigenvalue weighted by atomic mass is 16.2. The first-order chi connectivity index (χ1) is 14.1. The predicted molar refractivity (Wildman–Crippen MR) is 114 cm³/mol. The summed E-state index contributed by atoms with van der Waals surface area (Å²) in [7, 11) is 0. The quantitative estimate of drug-likeness (QED) is 0.611. The number of hydrogen-bond acceptors (Lipinski definition) is 3. The van der Waals surface area contributed by atoms with Crippen LogP contribution in [0, 0.1) is 0 Å². The Morgan fingerprint density at radius 3 is 2.38 bits per heavy atom. The van der Waals surface area contributed by atoms with Crippen molar-refractivity contribution in [3.8, 4) is 16.9 Å². The fraction of sp³-hybridized carbons (Fsp3) is 0.174. The summed E-state index contributed by atoms with van der Waals surface area (Å²) in [6.45, 7) is 4.01. The Morgan fingerprint density at radius 2 is 1.72 bits per heavy atom. The smallest absolute Gasteiger partial charge is 0.244 e. The first kappa shape index (κ1) is 20.1. The van der Waals surface area contributed by atoms with E-state index in [0.29, 0.717) is 6.54 Å². The van der Waals surface area contributed by atoms with Crippen LogP contribution in [-0.4, -0.2) is 34.2 Å². The zero-order chi connectivity index (χ0) is 20.6. The van der Waals surface area contributed by atoms with Gasteiger partial charge in [-0.3, -0.25) is 9.59 Å². The highest BCUT2D eigenvalue weighted by molar-refractivity contribution is 5.96. The normalized spacial score (nSPS) is 11.9. The standard InChI is InChI=1S/C23H24N4O2/c1-3-24-23(29)17(2)25-21(28)15-14-19-16-27(20-12-8-5-9-13-20)26-22(19)18-10-6-4-7-11-18/h4-17H,3H2,1-2H3,(H,24,29)(H,25,28)/b15-14+/t17-/m1/s1. The average Bonchev–Trinajstić information content (AvgIpc) is 3.18. The Balaban J connectivity index is 1.85. The van der Waals surface area contributed by atoms with Crippen molar-refractivity contribution in [3.63, 3.8) is 0 Å². The van der Waals surface area contributed by atoms with Gasteiger partial charge >= 0.3 is 0 Å². The molecular weight excluding hydrogens is 364 g/mol. The molecule has 3 rings (SSSR count). The number of likely N-dealkylation sites (N-methyl/N-ethyl adjacent to an activating group) is 1. The molecule has 2 N–H and O–H groups in total. The van der Waals surface area contributed by atoms with Crippen LogP contribution in [0.25, 0.3) is 23.0 Å². The number of aromatic nitrogens is 2. The van der Waals surface area contributed by atoms with Crippen molar-refractivity contribution in [2.45, 2.75) is 19.9 Å². The van der Waals surface area contributed by atoms with E-state index in [1.54, 1.807) is 17.7 Å². The predicted octanol–water partition coefficient (Wildman–Crippen LogP) is 3.19. The van der Waals surface area contributed by atoms with Crippen molar-refractivity contribution >= 4 is 17.9 Å². The molecule has 0 radical (unpaired) electrons. The molecule has 0 spiro atoms. The molecule has 0 fully saturated rings. The fourth-order valence-corrected chi connectivity index (χ4v) is 2.86. The molecule has 6 nitrogen and oxygen atoms in total. The van der Waals surface area contributed by atoms with Gasteiger partial charge in [0.2, 0.25) is 11.8 Å². The van der Waals surface area contributed by atoms with Gasteiger partial charge in [-0.2, -0.15) is 5.10 Å². The number of carbonyl (C=O) groups is 2. The molecule has 1 aromatic heterocycles. The van der Waals surface area contributed by atoms with Gasteiger partial charge < -0.3 is 10.6 Å². The largest absolute Gasteiger partial charge is 0.355 e. The molecule has 0 aliphatic heterocycles. The summed E-state index contributed by atoms with van der Waals surface area (Å²) in [6.07, 6.45) is 5.03. The van der Waals surface area contributed by atoms with Crippen LogP contribution >= 0.6 is 0 Å². The maximum Gasteiger partial charge on any atom is 0.244 e. The number of para-hydroxylation sites is 1. The van der Waals surface area contributed by atoms with Crippen molar-refractivity contribution in [1.82, 2.24) is 20.4 Å². The van der Waals surface area contributed by atoms with Crippen LogP contribution in [0.4, 0.5) is 0 Å². The van der Waals surface area contributed by atoms with E-state index >= 15 is 0 Å². The van der Waals surface area contributed by atoms with Crippen LogP contribution in [0.5, 0.6) is 0 Å². The number of nitrogens with zero attached hydrogens (tertiary/aromatic N) is 2. The summed E-state index contributed by atoms with van der Waals surface area (Å²) in [5.41, 5.74) is 3.47. The summed E-state index contributed by atoms with van der Waals surface area (Å²) < 4.78 is 1.79. The van der Waals surface area contributed by atoms with E-state index < -0.39 is 6.04 Å². The van der Waals surface area contributed by atoms with E-state index in [1.807, 2.05) is 73.8 Å². The summed E-state index contributed by atoms with van der Waals surface area (Å²) in [4.78, 5) is 24.0. The lowest BCUT2D eigenvalue weighted by Crippen LogP contribution is -2.44.